The van der Waals surface area contributed by atoms with Gasteiger partial charge in [0.2, 0.25) is 0 Å². The molecule has 0 saturated carbocycles. The minimum Gasteiger partial charge on any atom is -0.386 e. The van der Waals surface area contributed by atoms with Gasteiger partial charge in [0.1, 0.15) is 11.6 Å². The van der Waals surface area contributed by atoms with Crippen molar-refractivity contribution in [2.45, 2.75) is 19.9 Å². The first-order valence-electron chi connectivity index (χ1n) is 6.03. The molecular weight excluding hydrogens is 262 g/mol. The van der Waals surface area contributed by atoms with Crippen molar-refractivity contribution < 1.29 is 4.79 Å². The number of amides is 1. The molecule has 1 amide bonds. The van der Waals surface area contributed by atoms with Crippen LogP contribution in [-0.2, 0) is 11.3 Å². The normalized spacial score (nSPS) is 10.7. The van der Waals surface area contributed by atoms with Gasteiger partial charge in [0, 0.05) is 24.3 Å². The van der Waals surface area contributed by atoms with Gasteiger partial charge >= 0.3 is 0 Å². The molecule has 1 aromatic rings. The Morgan fingerprint density at radius 1 is 1.42 bits per heavy atom. The van der Waals surface area contributed by atoms with Gasteiger partial charge in [0.05, 0.1) is 0 Å². The number of carbonyl (C=O) groups excluding carboxylic acids is 1. The van der Waals surface area contributed by atoms with Gasteiger partial charge < -0.3 is 10.6 Å². The molecule has 0 aliphatic rings. The monoisotopic (exact) mass is 277 g/mol. The zero-order valence-corrected chi connectivity index (χ0v) is 11.5. The molecule has 0 spiro atoms. The molecule has 0 bridgehead atoms. The molecule has 1 aromatic carbocycles. The van der Waals surface area contributed by atoms with E-state index >= 15 is 0 Å². The summed E-state index contributed by atoms with van der Waals surface area (Å²) in [6, 6.07) is 9.22. The van der Waals surface area contributed by atoms with E-state index in [-0.39, 0.29) is 11.5 Å². The lowest BCUT2D eigenvalue weighted by molar-refractivity contribution is -0.117. The van der Waals surface area contributed by atoms with Crippen LogP contribution in [0.2, 0.25) is 5.02 Å². The van der Waals surface area contributed by atoms with Gasteiger partial charge in [0.25, 0.3) is 5.91 Å². The Bertz CT molecular complexity index is 488. The van der Waals surface area contributed by atoms with Crippen LogP contribution in [0.15, 0.2) is 36.0 Å². The summed E-state index contributed by atoms with van der Waals surface area (Å²) in [5.41, 5.74) is 1.09. The molecule has 0 heterocycles. The van der Waals surface area contributed by atoms with E-state index in [2.05, 4.69) is 10.6 Å². The highest BCUT2D eigenvalue weighted by atomic mass is 35.5. The molecule has 0 unspecified atom stereocenters. The quantitative estimate of drug-likeness (QED) is 0.620. The van der Waals surface area contributed by atoms with Crippen molar-refractivity contribution >= 4 is 17.5 Å². The fraction of sp³-hybridized carbons (Fsp3) is 0.286. The Labute approximate surface area is 118 Å². The first kappa shape index (κ1) is 15.1. The Morgan fingerprint density at radius 2 is 2.11 bits per heavy atom. The number of rotatable bonds is 6. The van der Waals surface area contributed by atoms with E-state index in [1.165, 1.54) is 6.20 Å². The summed E-state index contributed by atoms with van der Waals surface area (Å²) < 4.78 is 0. The van der Waals surface area contributed by atoms with Crippen molar-refractivity contribution in [2.24, 2.45) is 0 Å². The molecule has 2 N–H and O–H groups in total. The van der Waals surface area contributed by atoms with Gasteiger partial charge in [-0.05, 0) is 24.1 Å². The van der Waals surface area contributed by atoms with Crippen LogP contribution in [0.25, 0.3) is 0 Å². The number of nitrogens with one attached hydrogen (secondary N) is 2. The summed E-state index contributed by atoms with van der Waals surface area (Å²) in [5.74, 6) is -0.354. The summed E-state index contributed by atoms with van der Waals surface area (Å²) in [7, 11) is 0. The molecule has 0 aliphatic carbocycles. The van der Waals surface area contributed by atoms with Crippen molar-refractivity contribution in [3.8, 4) is 6.07 Å². The maximum atomic E-state index is 11.6. The van der Waals surface area contributed by atoms with Crippen LogP contribution in [0.4, 0.5) is 0 Å². The molecule has 0 radical (unpaired) electrons. The van der Waals surface area contributed by atoms with Gasteiger partial charge in [-0.2, -0.15) is 5.26 Å². The van der Waals surface area contributed by atoms with Crippen molar-refractivity contribution in [2.75, 3.05) is 6.54 Å². The van der Waals surface area contributed by atoms with Crippen molar-refractivity contribution in [3.63, 3.8) is 0 Å². The minimum absolute atomic E-state index is 0.0717. The third kappa shape index (κ3) is 5.45. The van der Waals surface area contributed by atoms with Crippen LogP contribution in [0.3, 0.4) is 0 Å². The zero-order chi connectivity index (χ0) is 14.1. The lowest BCUT2D eigenvalue weighted by Gasteiger charge is -2.04. The highest BCUT2D eigenvalue weighted by molar-refractivity contribution is 6.30. The zero-order valence-electron chi connectivity index (χ0n) is 10.7. The molecule has 0 aliphatic heterocycles. The lowest BCUT2D eigenvalue weighted by atomic mass is 10.2. The van der Waals surface area contributed by atoms with Gasteiger partial charge in [-0.15, -0.1) is 0 Å². The van der Waals surface area contributed by atoms with E-state index in [0.29, 0.717) is 18.1 Å². The maximum Gasteiger partial charge on any atom is 0.263 e. The third-order valence-electron chi connectivity index (χ3n) is 2.37. The molecule has 4 nitrogen and oxygen atoms in total. The number of carbonyl (C=O) groups is 1. The third-order valence-corrected chi connectivity index (χ3v) is 2.62. The predicted octanol–water partition coefficient (Wildman–Crippen LogP) is 2.36. The van der Waals surface area contributed by atoms with Gasteiger partial charge in [-0.1, -0.05) is 30.7 Å². The predicted molar refractivity (Wildman–Crippen MR) is 75.3 cm³/mol. The summed E-state index contributed by atoms with van der Waals surface area (Å²) in [4.78, 5) is 11.6. The number of hydrogen-bond acceptors (Lipinski definition) is 3. The lowest BCUT2D eigenvalue weighted by Crippen LogP contribution is -2.26. The fourth-order valence-electron chi connectivity index (χ4n) is 1.36. The Hall–Kier alpha value is -1.99. The average Bonchev–Trinajstić information content (AvgIpc) is 2.43. The minimum atomic E-state index is -0.354. The molecule has 100 valence electrons. The number of nitrogens with zero attached hydrogens (tertiary/aromatic N) is 1. The van der Waals surface area contributed by atoms with E-state index in [0.717, 1.165) is 12.0 Å². The van der Waals surface area contributed by atoms with Crippen molar-refractivity contribution in [1.29, 1.82) is 5.26 Å². The number of hydrogen-bond donors (Lipinski definition) is 2. The highest BCUT2D eigenvalue weighted by Gasteiger charge is 2.06. The summed E-state index contributed by atoms with van der Waals surface area (Å²) in [5, 5.41) is 15.2. The van der Waals surface area contributed by atoms with E-state index in [9.17, 15) is 4.79 Å². The molecule has 0 aromatic heterocycles. The molecular formula is C14H16ClN3O. The number of halogens is 1. The van der Waals surface area contributed by atoms with Crippen LogP contribution in [0.5, 0.6) is 0 Å². The Balaban J connectivity index is 2.51. The summed E-state index contributed by atoms with van der Waals surface area (Å²) in [6.45, 7) is 3.05. The second-order valence-corrected chi connectivity index (χ2v) is 4.37. The Kier molecular flexibility index (Phi) is 6.48. The first-order chi connectivity index (χ1) is 9.17. The second-order valence-electron chi connectivity index (χ2n) is 3.93. The first-order valence-corrected chi connectivity index (χ1v) is 6.41. The molecule has 0 saturated heterocycles. The SMILES string of the molecule is CCCNC(=O)/C(C#N)=C\NCc1ccc(Cl)cc1. The fourth-order valence-corrected chi connectivity index (χ4v) is 1.48. The topological polar surface area (TPSA) is 64.9 Å². The molecule has 0 atom stereocenters. The largest absolute Gasteiger partial charge is 0.386 e. The number of nitriles is 1. The maximum absolute atomic E-state index is 11.6. The molecule has 0 fully saturated rings. The van der Waals surface area contributed by atoms with E-state index in [1.54, 1.807) is 12.1 Å². The van der Waals surface area contributed by atoms with Crippen LogP contribution < -0.4 is 10.6 Å². The second kappa shape index (κ2) is 8.17. The van der Waals surface area contributed by atoms with E-state index < -0.39 is 0 Å². The highest BCUT2D eigenvalue weighted by Crippen LogP contribution is 2.09. The summed E-state index contributed by atoms with van der Waals surface area (Å²) in [6.07, 6.45) is 2.27. The molecule has 1 rings (SSSR count). The smallest absolute Gasteiger partial charge is 0.263 e. The summed E-state index contributed by atoms with van der Waals surface area (Å²) >= 11 is 5.78. The van der Waals surface area contributed by atoms with Crippen LogP contribution >= 0.6 is 11.6 Å². The van der Waals surface area contributed by atoms with E-state index in [4.69, 9.17) is 16.9 Å². The molecule has 19 heavy (non-hydrogen) atoms. The van der Waals surface area contributed by atoms with Gasteiger partial charge in [-0.3, -0.25) is 4.79 Å². The standard InChI is InChI=1S/C14H16ClN3O/c1-2-7-18-14(19)12(8-16)10-17-9-11-3-5-13(15)6-4-11/h3-6,10,17H,2,7,9H2,1H3,(H,18,19)/b12-10-. The van der Waals surface area contributed by atoms with Gasteiger partial charge in [-0.25, -0.2) is 0 Å². The van der Waals surface area contributed by atoms with Gasteiger partial charge in [0.15, 0.2) is 0 Å². The molecule has 5 heteroatoms. The van der Waals surface area contributed by atoms with E-state index in [1.807, 2.05) is 25.1 Å². The average molecular weight is 278 g/mol. The number of benzene rings is 1. The van der Waals surface area contributed by atoms with Crippen LogP contribution in [-0.4, -0.2) is 12.5 Å². The van der Waals surface area contributed by atoms with Crippen molar-refractivity contribution in [3.05, 3.63) is 46.6 Å². The van der Waals surface area contributed by atoms with Crippen LogP contribution in [0, 0.1) is 11.3 Å². The Morgan fingerprint density at radius 3 is 2.68 bits per heavy atom. The van der Waals surface area contributed by atoms with Crippen LogP contribution in [0.1, 0.15) is 18.9 Å². The van der Waals surface area contributed by atoms with Crippen molar-refractivity contribution in [1.82, 2.24) is 10.6 Å².